The van der Waals surface area contributed by atoms with Gasteiger partial charge in [0.15, 0.2) is 11.9 Å². The number of epoxide rings is 1. The van der Waals surface area contributed by atoms with Crippen molar-refractivity contribution in [3.63, 3.8) is 0 Å². The zero-order valence-electron chi connectivity index (χ0n) is 9.55. The minimum atomic E-state index is -0.396. The molecule has 2 aromatic carbocycles. The van der Waals surface area contributed by atoms with Gasteiger partial charge in [0.2, 0.25) is 0 Å². The lowest BCUT2D eigenvalue weighted by Gasteiger charge is -2.00. The number of ether oxygens (including phenoxy) is 1. The Balaban J connectivity index is 1.80. The van der Waals surface area contributed by atoms with E-state index in [4.69, 9.17) is 16.3 Å². The largest absolute Gasteiger partial charge is 0.356 e. The van der Waals surface area contributed by atoms with Crippen molar-refractivity contribution in [1.82, 2.24) is 0 Å². The van der Waals surface area contributed by atoms with Crippen molar-refractivity contribution >= 4 is 17.4 Å². The van der Waals surface area contributed by atoms with Crippen LogP contribution in [0.4, 0.5) is 0 Å². The predicted molar refractivity (Wildman–Crippen MR) is 69.8 cm³/mol. The molecule has 2 atom stereocenters. The van der Waals surface area contributed by atoms with Gasteiger partial charge in [0.1, 0.15) is 6.10 Å². The van der Waals surface area contributed by atoms with Crippen molar-refractivity contribution in [2.45, 2.75) is 12.2 Å². The third-order valence-corrected chi connectivity index (χ3v) is 3.35. The van der Waals surface area contributed by atoms with Crippen LogP contribution in [0.3, 0.4) is 0 Å². The topological polar surface area (TPSA) is 29.6 Å². The van der Waals surface area contributed by atoms with E-state index < -0.39 is 6.10 Å². The first-order valence-corrected chi connectivity index (χ1v) is 6.14. The summed E-state index contributed by atoms with van der Waals surface area (Å²) in [6, 6.07) is 16.8. The number of hydrogen-bond donors (Lipinski definition) is 0. The van der Waals surface area contributed by atoms with E-state index in [-0.39, 0.29) is 11.9 Å². The molecule has 0 amide bonds. The Labute approximate surface area is 110 Å². The number of halogens is 1. The molecule has 3 heteroatoms. The number of hydrogen-bond acceptors (Lipinski definition) is 2. The van der Waals surface area contributed by atoms with E-state index in [1.165, 1.54) is 0 Å². The molecular formula is C15H11ClO2. The third-order valence-electron chi connectivity index (χ3n) is 3.02. The predicted octanol–water partition coefficient (Wildman–Crippen LogP) is 3.66. The smallest absolute Gasteiger partial charge is 0.196 e. The summed E-state index contributed by atoms with van der Waals surface area (Å²) in [6.07, 6.45) is -0.526. The van der Waals surface area contributed by atoms with Crippen LogP contribution in [0, 0.1) is 0 Å². The highest BCUT2D eigenvalue weighted by atomic mass is 35.5. The first-order chi connectivity index (χ1) is 8.77. The summed E-state index contributed by atoms with van der Waals surface area (Å²) >= 11 is 6.01. The summed E-state index contributed by atoms with van der Waals surface area (Å²) in [5, 5.41) is 0.477. The molecule has 0 saturated carbocycles. The Morgan fingerprint density at radius 3 is 2.39 bits per heavy atom. The maximum Gasteiger partial charge on any atom is 0.196 e. The zero-order chi connectivity index (χ0) is 12.5. The first-order valence-electron chi connectivity index (χ1n) is 5.76. The molecule has 1 saturated heterocycles. The minimum Gasteiger partial charge on any atom is -0.356 e. The molecule has 1 heterocycles. The molecule has 1 fully saturated rings. The second kappa shape index (κ2) is 4.56. The molecule has 0 aliphatic carbocycles. The highest BCUT2D eigenvalue weighted by molar-refractivity contribution is 6.34. The van der Waals surface area contributed by atoms with Crippen LogP contribution in [-0.2, 0) is 4.74 Å². The molecule has 1 aliphatic rings. The maximum absolute atomic E-state index is 12.2. The van der Waals surface area contributed by atoms with Crippen molar-refractivity contribution < 1.29 is 9.53 Å². The molecule has 0 N–H and O–H groups in total. The van der Waals surface area contributed by atoms with Crippen molar-refractivity contribution in [2.24, 2.45) is 0 Å². The van der Waals surface area contributed by atoms with Gasteiger partial charge in [0.25, 0.3) is 0 Å². The molecule has 2 nitrogen and oxygen atoms in total. The number of carbonyl (C=O) groups excluding carboxylic acids is 1. The summed E-state index contributed by atoms with van der Waals surface area (Å²) in [5.41, 5.74) is 1.56. The van der Waals surface area contributed by atoms with Gasteiger partial charge in [-0.05, 0) is 17.7 Å². The molecular weight excluding hydrogens is 248 g/mol. The van der Waals surface area contributed by atoms with Crippen molar-refractivity contribution in [2.75, 3.05) is 0 Å². The van der Waals surface area contributed by atoms with E-state index in [9.17, 15) is 4.79 Å². The summed E-state index contributed by atoms with van der Waals surface area (Å²) in [6.45, 7) is 0. The number of benzene rings is 2. The average molecular weight is 259 g/mol. The van der Waals surface area contributed by atoms with Crippen molar-refractivity contribution in [3.05, 3.63) is 70.7 Å². The van der Waals surface area contributed by atoms with Gasteiger partial charge in [-0.2, -0.15) is 0 Å². The van der Waals surface area contributed by atoms with E-state index in [1.807, 2.05) is 36.4 Å². The summed E-state index contributed by atoms with van der Waals surface area (Å²) in [7, 11) is 0. The SMILES string of the molecule is O=C(c1ccccc1Cl)[C@@H]1O[C@H]1c1ccccc1. The fourth-order valence-electron chi connectivity index (χ4n) is 2.02. The quantitative estimate of drug-likeness (QED) is 0.621. The van der Waals surface area contributed by atoms with Crippen LogP contribution in [0.25, 0.3) is 0 Å². The van der Waals surface area contributed by atoms with Crippen LogP contribution < -0.4 is 0 Å². The highest BCUT2D eigenvalue weighted by Crippen LogP contribution is 2.41. The molecule has 0 bridgehead atoms. The first kappa shape index (κ1) is 11.5. The normalized spacial score (nSPS) is 21.6. The molecule has 1 aliphatic heterocycles. The van der Waals surface area contributed by atoms with Crippen LogP contribution in [0.2, 0.25) is 5.02 Å². The second-order valence-corrected chi connectivity index (χ2v) is 4.64. The van der Waals surface area contributed by atoms with Crippen LogP contribution in [0.5, 0.6) is 0 Å². The summed E-state index contributed by atoms with van der Waals surface area (Å²) in [5.74, 6) is -0.0468. The minimum absolute atomic E-state index is 0.0468. The Morgan fingerprint density at radius 2 is 1.67 bits per heavy atom. The van der Waals surface area contributed by atoms with E-state index in [0.29, 0.717) is 10.6 Å². The van der Waals surface area contributed by atoms with Gasteiger partial charge in [0.05, 0.1) is 5.02 Å². The third kappa shape index (κ3) is 2.05. The molecule has 90 valence electrons. The summed E-state index contributed by atoms with van der Waals surface area (Å²) < 4.78 is 5.47. The van der Waals surface area contributed by atoms with E-state index in [0.717, 1.165) is 5.56 Å². The standard InChI is InChI=1S/C15H11ClO2/c16-12-9-5-4-8-11(12)13(17)15-14(18-15)10-6-2-1-3-7-10/h1-9,14-15H/t14-,15-/m0/s1. The van der Waals surface area contributed by atoms with Crippen LogP contribution in [0.15, 0.2) is 54.6 Å². The average Bonchev–Trinajstić information content (AvgIpc) is 3.20. The number of rotatable bonds is 3. The van der Waals surface area contributed by atoms with Crippen LogP contribution in [-0.4, -0.2) is 11.9 Å². The van der Waals surface area contributed by atoms with Gasteiger partial charge in [-0.3, -0.25) is 4.79 Å². The summed E-state index contributed by atoms with van der Waals surface area (Å²) in [4.78, 5) is 12.2. The molecule has 2 aromatic rings. The van der Waals surface area contributed by atoms with Crippen LogP contribution in [0.1, 0.15) is 22.0 Å². The Hall–Kier alpha value is -1.64. The Morgan fingerprint density at radius 1 is 1.00 bits per heavy atom. The van der Waals surface area contributed by atoms with Gasteiger partial charge in [-0.25, -0.2) is 0 Å². The van der Waals surface area contributed by atoms with Crippen molar-refractivity contribution in [1.29, 1.82) is 0 Å². The Kier molecular flexibility index (Phi) is 2.90. The van der Waals surface area contributed by atoms with E-state index in [2.05, 4.69) is 0 Å². The lowest BCUT2D eigenvalue weighted by Crippen LogP contribution is -2.08. The molecule has 0 spiro atoms. The van der Waals surface area contributed by atoms with E-state index >= 15 is 0 Å². The fraction of sp³-hybridized carbons (Fsp3) is 0.133. The van der Waals surface area contributed by atoms with Gasteiger partial charge >= 0.3 is 0 Å². The number of Topliss-reactive ketones (excluding diaryl/α,β-unsaturated/α-hetero) is 1. The second-order valence-electron chi connectivity index (χ2n) is 4.23. The monoisotopic (exact) mass is 258 g/mol. The Bertz CT molecular complexity index is 580. The molecule has 18 heavy (non-hydrogen) atoms. The van der Waals surface area contributed by atoms with E-state index in [1.54, 1.807) is 18.2 Å². The fourth-order valence-corrected chi connectivity index (χ4v) is 2.25. The molecule has 3 rings (SSSR count). The molecule has 0 aromatic heterocycles. The highest BCUT2D eigenvalue weighted by Gasteiger charge is 2.46. The van der Waals surface area contributed by atoms with Gasteiger partial charge < -0.3 is 4.74 Å². The van der Waals surface area contributed by atoms with Crippen LogP contribution >= 0.6 is 11.6 Å². The van der Waals surface area contributed by atoms with Crippen molar-refractivity contribution in [3.8, 4) is 0 Å². The lowest BCUT2D eigenvalue weighted by atomic mass is 10.0. The number of carbonyl (C=O) groups is 1. The number of ketones is 1. The van der Waals surface area contributed by atoms with Gasteiger partial charge in [-0.1, -0.05) is 54.1 Å². The zero-order valence-corrected chi connectivity index (χ0v) is 10.3. The molecule has 0 radical (unpaired) electrons. The van der Waals surface area contributed by atoms with Gasteiger partial charge in [-0.15, -0.1) is 0 Å². The lowest BCUT2D eigenvalue weighted by molar-refractivity contribution is 0.0954. The maximum atomic E-state index is 12.2. The molecule has 0 unspecified atom stereocenters. The van der Waals surface area contributed by atoms with Gasteiger partial charge in [0, 0.05) is 5.56 Å².